The average molecular weight is 470 g/mol. The molecule has 5 rings (SSSR count). The summed E-state index contributed by atoms with van der Waals surface area (Å²) in [7, 11) is 0. The molecule has 0 radical (unpaired) electrons. The summed E-state index contributed by atoms with van der Waals surface area (Å²) in [6.07, 6.45) is 1.54. The van der Waals surface area contributed by atoms with Crippen LogP contribution in [0.1, 0.15) is 44.7 Å². The van der Waals surface area contributed by atoms with Gasteiger partial charge in [0.05, 0.1) is 23.6 Å². The number of rotatable bonds is 3. The van der Waals surface area contributed by atoms with Crippen LogP contribution in [0.5, 0.6) is 0 Å². The summed E-state index contributed by atoms with van der Waals surface area (Å²) < 4.78 is 46.8. The number of benzene rings is 2. The number of fused-ring (bicyclic) bond motifs is 1. The van der Waals surface area contributed by atoms with Crippen molar-refractivity contribution in [3.8, 4) is 0 Å². The second-order valence-electron chi connectivity index (χ2n) is 8.79. The lowest BCUT2D eigenvalue weighted by Crippen LogP contribution is -2.38. The molecule has 2 amide bonds. The van der Waals surface area contributed by atoms with Crippen LogP contribution >= 0.6 is 0 Å². The van der Waals surface area contributed by atoms with Crippen LogP contribution in [0.15, 0.2) is 42.5 Å². The van der Waals surface area contributed by atoms with Gasteiger partial charge in [-0.3, -0.25) is 9.59 Å². The van der Waals surface area contributed by atoms with E-state index in [2.05, 4.69) is 0 Å². The third-order valence-corrected chi connectivity index (χ3v) is 6.44. The number of amides is 2. The maximum atomic E-state index is 14.6. The number of nitrogens with zero attached hydrogens (tertiary/aromatic N) is 2. The lowest BCUT2D eigenvalue weighted by molar-refractivity contribution is -0.135. The Morgan fingerprint density at radius 1 is 1.06 bits per heavy atom. The van der Waals surface area contributed by atoms with Crippen LogP contribution in [0.4, 0.5) is 13.2 Å². The fourth-order valence-electron chi connectivity index (χ4n) is 4.64. The smallest absolute Gasteiger partial charge is 0.344 e. The minimum Gasteiger partial charge on any atom is -0.422 e. The fraction of sp³-hybridized carbons (Fsp3) is 0.320. The maximum absolute atomic E-state index is 14.6. The van der Waals surface area contributed by atoms with Gasteiger partial charge >= 0.3 is 5.97 Å². The molecule has 1 unspecified atom stereocenters. The standard InChI is InChI=1S/C25H21F3N2O4/c26-20-6-5-15(12-21-17-3-1-2-4-18(17)24(33)34-21)11-19(20)23(32)29-9-7-16(13-29)22(31)30-10-8-25(27,28)14-30/h1-6,11-12,16H,7-10,13-14H2/b21-12-. The number of hydrogen-bond acceptors (Lipinski definition) is 4. The molecule has 0 aromatic heterocycles. The second kappa shape index (κ2) is 8.30. The van der Waals surface area contributed by atoms with Gasteiger partial charge in [-0.25, -0.2) is 18.0 Å². The van der Waals surface area contributed by atoms with Gasteiger partial charge in [0.2, 0.25) is 5.91 Å². The third-order valence-electron chi connectivity index (χ3n) is 6.44. The van der Waals surface area contributed by atoms with Gasteiger partial charge in [0, 0.05) is 31.6 Å². The monoisotopic (exact) mass is 470 g/mol. The van der Waals surface area contributed by atoms with Crippen molar-refractivity contribution in [2.75, 3.05) is 26.2 Å². The lowest BCUT2D eigenvalue weighted by Gasteiger charge is -2.21. The largest absolute Gasteiger partial charge is 0.422 e. The Bertz CT molecular complexity index is 1230. The van der Waals surface area contributed by atoms with Crippen molar-refractivity contribution in [3.05, 3.63) is 70.5 Å². The molecule has 2 saturated heterocycles. The Kier molecular flexibility index (Phi) is 5.42. The molecule has 0 spiro atoms. The van der Waals surface area contributed by atoms with E-state index in [9.17, 15) is 27.6 Å². The highest BCUT2D eigenvalue weighted by Gasteiger charge is 2.43. The van der Waals surface area contributed by atoms with Crippen molar-refractivity contribution < 1.29 is 32.3 Å². The fourth-order valence-corrected chi connectivity index (χ4v) is 4.64. The highest BCUT2D eigenvalue weighted by molar-refractivity contribution is 6.06. The van der Waals surface area contributed by atoms with Gasteiger partial charge in [-0.2, -0.15) is 0 Å². The number of carbonyl (C=O) groups excluding carboxylic acids is 3. The van der Waals surface area contributed by atoms with E-state index in [-0.39, 0.29) is 31.6 Å². The Hall–Kier alpha value is -3.62. The van der Waals surface area contributed by atoms with Gasteiger partial charge in [-0.05, 0) is 36.3 Å². The first kappa shape index (κ1) is 22.2. The van der Waals surface area contributed by atoms with Crippen LogP contribution in [-0.2, 0) is 9.53 Å². The van der Waals surface area contributed by atoms with E-state index >= 15 is 0 Å². The summed E-state index contributed by atoms with van der Waals surface area (Å²) in [4.78, 5) is 40.2. The van der Waals surface area contributed by atoms with Crippen molar-refractivity contribution in [3.63, 3.8) is 0 Å². The molecule has 3 aliphatic rings. The van der Waals surface area contributed by atoms with Gasteiger partial charge in [0.25, 0.3) is 11.8 Å². The molecule has 6 nitrogen and oxygen atoms in total. The van der Waals surface area contributed by atoms with Crippen molar-refractivity contribution in [1.82, 2.24) is 9.80 Å². The number of esters is 1. The average Bonchev–Trinajstić information content (AvgIpc) is 3.52. The number of likely N-dealkylation sites (tertiary alicyclic amines) is 2. The summed E-state index contributed by atoms with van der Waals surface area (Å²) in [5, 5.41) is 0. The molecule has 0 bridgehead atoms. The van der Waals surface area contributed by atoms with Gasteiger partial charge in [-0.15, -0.1) is 0 Å². The van der Waals surface area contributed by atoms with E-state index in [4.69, 9.17) is 4.74 Å². The molecule has 1 atom stereocenters. The summed E-state index contributed by atoms with van der Waals surface area (Å²) in [5.74, 6) is -5.33. The Morgan fingerprint density at radius 3 is 2.56 bits per heavy atom. The van der Waals surface area contributed by atoms with E-state index in [1.807, 2.05) is 0 Å². The Morgan fingerprint density at radius 2 is 1.82 bits per heavy atom. The molecule has 0 saturated carbocycles. The van der Waals surface area contributed by atoms with Crippen LogP contribution in [-0.4, -0.2) is 59.7 Å². The predicted octanol–water partition coefficient (Wildman–Crippen LogP) is 3.82. The van der Waals surface area contributed by atoms with E-state index < -0.39 is 42.0 Å². The molecule has 2 aromatic rings. The zero-order valence-corrected chi connectivity index (χ0v) is 18.1. The van der Waals surface area contributed by atoms with Gasteiger partial charge in [0.15, 0.2) is 0 Å². The normalized spacial score (nSPS) is 22.3. The van der Waals surface area contributed by atoms with Crippen LogP contribution in [0, 0.1) is 11.7 Å². The molecular formula is C25H21F3N2O4. The maximum Gasteiger partial charge on any atom is 0.344 e. The molecule has 0 N–H and O–H groups in total. The van der Waals surface area contributed by atoms with Crippen LogP contribution in [0.2, 0.25) is 0 Å². The molecule has 2 fully saturated rings. The molecule has 2 aromatic carbocycles. The number of alkyl halides is 2. The van der Waals surface area contributed by atoms with Crippen molar-refractivity contribution in [2.24, 2.45) is 5.92 Å². The Labute approximate surface area is 193 Å². The Balaban J connectivity index is 1.32. The lowest BCUT2D eigenvalue weighted by atomic mass is 10.0. The summed E-state index contributed by atoms with van der Waals surface area (Å²) >= 11 is 0. The minimum absolute atomic E-state index is 0.00464. The molecule has 0 aliphatic carbocycles. The van der Waals surface area contributed by atoms with Gasteiger partial charge in [-0.1, -0.05) is 24.3 Å². The van der Waals surface area contributed by atoms with Crippen LogP contribution < -0.4 is 0 Å². The minimum atomic E-state index is -2.88. The number of ether oxygens (including phenoxy) is 1. The SMILES string of the molecule is O=C1O/C(=C\c2ccc(F)c(C(=O)N3CCC(C(=O)N4CCC(F)(F)C4)C3)c2)c2ccccc21. The summed E-state index contributed by atoms with van der Waals surface area (Å²) in [6, 6.07) is 10.9. The van der Waals surface area contributed by atoms with Gasteiger partial charge in [0.1, 0.15) is 11.6 Å². The highest BCUT2D eigenvalue weighted by Crippen LogP contribution is 2.32. The number of halogens is 3. The summed E-state index contributed by atoms with van der Waals surface area (Å²) in [6.45, 7) is -0.324. The van der Waals surface area contributed by atoms with E-state index in [0.29, 0.717) is 28.9 Å². The van der Waals surface area contributed by atoms with Crippen molar-refractivity contribution in [1.29, 1.82) is 0 Å². The molecular weight excluding hydrogens is 449 g/mol. The topological polar surface area (TPSA) is 66.9 Å². The third kappa shape index (κ3) is 4.06. The molecule has 176 valence electrons. The molecule has 9 heteroatoms. The van der Waals surface area contributed by atoms with Crippen molar-refractivity contribution in [2.45, 2.75) is 18.8 Å². The van der Waals surface area contributed by atoms with E-state index in [1.54, 1.807) is 30.3 Å². The van der Waals surface area contributed by atoms with Crippen LogP contribution in [0.3, 0.4) is 0 Å². The quantitative estimate of drug-likeness (QED) is 0.640. The van der Waals surface area contributed by atoms with Crippen molar-refractivity contribution >= 4 is 29.6 Å². The zero-order valence-electron chi connectivity index (χ0n) is 18.1. The molecule has 3 aliphatic heterocycles. The summed E-state index contributed by atoms with van der Waals surface area (Å²) in [5.41, 5.74) is 1.33. The van der Waals surface area contributed by atoms with E-state index in [1.165, 1.54) is 17.0 Å². The zero-order chi connectivity index (χ0) is 24.0. The molecule has 34 heavy (non-hydrogen) atoms. The van der Waals surface area contributed by atoms with Crippen LogP contribution in [0.25, 0.3) is 11.8 Å². The van der Waals surface area contributed by atoms with Gasteiger partial charge < -0.3 is 14.5 Å². The first-order chi connectivity index (χ1) is 16.2. The number of cyclic esters (lactones) is 1. The second-order valence-corrected chi connectivity index (χ2v) is 8.79. The predicted molar refractivity (Wildman–Crippen MR) is 116 cm³/mol. The highest BCUT2D eigenvalue weighted by atomic mass is 19.3. The first-order valence-corrected chi connectivity index (χ1v) is 11.0. The van der Waals surface area contributed by atoms with E-state index in [0.717, 1.165) is 11.0 Å². The first-order valence-electron chi connectivity index (χ1n) is 11.0. The number of carbonyl (C=O) groups is 3. The number of hydrogen-bond donors (Lipinski definition) is 0. The molecule has 3 heterocycles.